The molecule has 4 nitrogen and oxygen atoms in total. The number of hydrogen-bond acceptors (Lipinski definition) is 4. The van der Waals surface area contributed by atoms with Crippen molar-refractivity contribution in [3.05, 3.63) is 108 Å². The van der Waals surface area contributed by atoms with E-state index in [9.17, 15) is 0 Å². The van der Waals surface area contributed by atoms with Gasteiger partial charge in [0.1, 0.15) is 18.1 Å². The number of hydrogen-bond donors (Lipinski definition) is 0. The second-order valence-corrected chi connectivity index (χ2v) is 8.60. The summed E-state index contributed by atoms with van der Waals surface area (Å²) in [5, 5.41) is 7.18. The standard InChI is InChI=1S/C28H28N2O2/c1-4-17-31-23-15-13-21(14-16-23)25-18-26-24-7-5-6-8-27(24)32-28(30(26)29-25)22-11-9-20(10-12-22)19(2)3/h4-16,19,26,28H,1,17-18H2,2-3H3/t26-,28+/m0/s1. The summed E-state index contributed by atoms with van der Waals surface area (Å²) in [6, 6.07) is 25.3. The fourth-order valence-corrected chi connectivity index (χ4v) is 4.37. The zero-order valence-corrected chi connectivity index (χ0v) is 18.6. The van der Waals surface area contributed by atoms with Crippen molar-refractivity contribution in [2.75, 3.05) is 6.61 Å². The minimum Gasteiger partial charge on any atom is -0.490 e. The van der Waals surface area contributed by atoms with Gasteiger partial charge in [0.2, 0.25) is 6.23 Å². The van der Waals surface area contributed by atoms with Crippen molar-refractivity contribution >= 4 is 5.71 Å². The van der Waals surface area contributed by atoms with E-state index in [1.54, 1.807) is 6.08 Å². The summed E-state index contributed by atoms with van der Waals surface area (Å²) >= 11 is 0. The summed E-state index contributed by atoms with van der Waals surface area (Å²) in [6.07, 6.45) is 2.34. The van der Waals surface area contributed by atoms with Crippen LogP contribution in [-0.4, -0.2) is 17.3 Å². The Hall–Kier alpha value is -3.53. The Balaban J connectivity index is 1.48. The number of rotatable bonds is 6. The van der Waals surface area contributed by atoms with Crippen LogP contribution in [0.25, 0.3) is 0 Å². The second kappa shape index (κ2) is 8.54. The maximum Gasteiger partial charge on any atom is 0.213 e. The predicted molar refractivity (Wildman–Crippen MR) is 128 cm³/mol. The SMILES string of the molecule is C=CCOc1ccc(C2=NN3[C@@H](c4ccc(C(C)C)cc4)Oc4ccccc4[C@@H]3C2)cc1. The van der Waals surface area contributed by atoms with Gasteiger partial charge in [-0.15, -0.1) is 0 Å². The van der Waals surface area contributed by atoms with Gasteiger partial charge < -0.3 is 9.47 Å². The Morgan fingerprint density at radius 1 is 1.06 bits per heavy atom. The minimum absolute atomic E-state index is 0.154. The number of fused-ring (bicyclic) bond motifs is 3. The molecule has 3 aromatic rings. The van der Waals surface area contributed by atoms with E-state index in [2.05, 4.69) is 80.0 Å². The highest BCUT2D eigenvalue weighted by Crippen LogP contribution is 2.47. The molecule has 0 fully saturated rings. The lowest BCUT2D eigenvalue weighted by Gasteiger charge is -2.38. The van der Waals surface area contributed by atoms with E-state index in [1.165, 1.54) is 11.1 Å². The summed E-state index contributed by atoms with van der Waals surface area (Å²) in [5.74, 6) is 2.28. The number of ether oxygens (including phenoxy) is 2. The molecule has 162 valence electrons. The van der Waals surface area contributed by atoms with Crippen LogP contribution < -0.4 is 9.47 Å². The third-order valence-electron chi connectivity index (χ3n) is 6.14. The summed E-state index contributed by atoms with van der Waals surface area (Å²) < 4.78 is 12.1. The molecular weight excluding hydrogens is 396 g/mol. The third kappa shape index (κ3) is 3.77. The van der Waals surface area contributed by atoms with Crippen LogP contribution in [0.1, 0.15) is 60.7 Å². The second-order valence-electron chi connectivity index (χ2n) is 8.60. The fourth-order valence-electron chi connectivity index (χ4n) is 4.37. The molecule has 2 aliphatic rings. The van der Waals surface area contributed by atoms with E-state index in [0.717, 1.165) is 34.8 Å². The van der Waals surface area contributed by atoms with Gasteiger partial charge >= 0.3 is 0 Å². The smallest absolute Gasteiger partial charge is 0.213 e. The minimum atomic E-state index is -0.246. The van der Waals surface area contributed by atoms with E-state index in [0.29, 0.717) is 12.5 Å². The van der Waals surface area contributed by atoms with Crippen LogP contribution in [0.4, 0.5) is 0 Å². The maximum absolute atomic E-state index is 6.47. The highest BCUT2D eigenvalue weighted by molar-refractivity contribution is 6.02. The quantitative estimate of drug-likeness (QED) is 0.417. The summed E-state index contributed by atoms with van der Waals surface area (Å²) in [4.78, 5) is 0. The van der Waals surface area contributed by atoms with Gasteiger partial charge in [-0.3, -0.25) is 0 Å². The Labute approximate surface area is 189 Å². The first-order valence-electron chi connectivity index (χ1n) is 11.2. The van der Waals surface area contributed by atoms with E-state index in [-0.39, 0.29) is 12.3 Å². The topological polar surface area (TPSA) is 34.1 Å². The van der Waals surface area contributed by atoms with E-state index in [4.69, 9.17) is 14.6 Å². The molecule has 32 heavy (non-hydrogen) atoms. The molecule has 0 unspecified atom stereocenters. The van der Waals surface area contributed by atoms with Crippen molar-refractivity contribution in [1.29, 1.82) is 0 Å². The molecule has 2 heterocycles. The van der Waals surface area contributed by atoms with Gasteiger partial charge in [-0.05, 0) is 47.4 Å². The van der Waals surface area contributed by atoms with Crippen molar-refractivity contribution in [3.63, 3.8) is 0 Å². The lowest BCUT2D eigenvalue weighted by molar-refractivity contribution is -0.0190. The van der Waals surface area contributed by atoms with Gasteiger partial charge in [0.05, 0.1) is 11.8 Å². The van der Waals surface area contributed by atoms with Crippen LogP contribution >= 0.6 is 0 Å². The number of nitrogens with zero attached hydrogens (tertiary/aromatic N) is 2. The van der Waals surface area contributed by atoms with Crippen molar-refractivity contribution < 1.29 is 9.47 Å². The monoisotopic (exact) mass is 424 g/mol. The molecule has 3 aromatic carbocycles. The summed E-state index contributed by atoms with van der Waals surface area (Å²) in [5.41, 5.74) is 5.80. The lowest BCUT2D eigenvalue weighted by Crippen LogP contribution is -2.33. The normalized spacial score (nSPS) is 19.1. The molecule has 2 aliphatic heterocycles. The van der Waals surface area contributed by atoms with Crippen LogP contribution in [0.3, 0.4) is 0 Å². The molecule has 2 atom stereocenters. The Kier molecular flexibility index (Phi) is 5.44. The fraction of sp³-hybridized carbons (Fsp3) is 0.250. The Morgan fingerprint density at radius 3 is 2.53 bits per heavy atom. The molecular formula is C28H28N2O2. The number of hydrazone groups is 1. The van der Waals surface area contributed by atoms with Crippen LogP contribution in [0.5, 0.6) is 11.5 Å². The first-order chi connectivity index (χ1) is 15.6. The van der Waals surface area contributed by atoms with Gasteiger partial charge in [0, 0.05) is 17.5 Å². The molecule has 4 heteroatoms. The molecule has 0 spiro atoms. The zero-order valence-electron chi connectivity index (χ0n) is 18.6. The summed E-state index contributed by atoms with van der Waals surface area (Å²) in [7, 11) is 0. The zero-order chi connectivity index (χ0) is 22.1. The third-order valence-corrected chi connectivity index (χ3v) is 6.14. The summed E-state index contributed by atoms with van der Waals surface area (Å²) in [6.45, 7) is 8.62. The largest absolute Gasteiger partial charge is 0.490 e. The maximum atomic E-state index is 6.47. The van der Waals surface area contributed by atoms with E-state index < -0.39 is 0 Å². The van der Waals surface area contributed by atoms with E-state index in [1.807, 2.05) is 18.2 Å². The molecule has 0 aliphatic carbocycles. The van der Waals surface area contributed by atoms with Crippen molar-refractivity contribution in [1.82, 2.24) is 5.01 Å². The molecule has 5 rings (SSSR count). The van der Waals surface area contributed by atoms with Crippen molar-refractivity contribution in [2.24, 2.45) is 5.10 Å². The molecule has 0 aromatic heterocycles. The van der Waals surface area contributed by atoms with Gasteiger partial charge in [-0.1, -0.05) is 69.0 Å². The molecule has 0 saturated carbocycles. The van der Waals surface area contributed by atoms with Gasteiger partial charge in [-0.2, -0.15) is 5.10 Å². The van der Waals surface area contributed by atoms with Crippen molar-refractivity contribution in [3.8, 4) is 11.5 Å². The van der Waals surface area contributed by atoms with Crippen LogP contribution in [0.15, 0.2) is 90.6 Å². The van der Waals surface area contributed by atoms with Crippen LogP contribution in [0.2, 0.25) is 0 Å². The number of benzene rings is 3. The highest BCUT2D eigenvalue weighted by Gasteiger charge is 2.40. The van der Waals surface area contributed by atoms with Crippen molar-refractivity contribution in [2.45, 2.75) is 38.5 Å². The molecule has 0 radical (unpaired) electrons. The molecule has 0 bridgehead atoms. The van der Waals surface area contributed by atoms with E-state index >= 15 is 0 Å². The lowest BCUT2D eigenvalue weighted by atomic mass is 9.95. The molecule has 0 amide bonds. The average molecular weight is 425 g/mol. The molecule has 0 saturated heterocycles. The molecule has 0 N–H and O–H groups in total. The van der Waals surface area contributed by atoms with Gasteiger partial charge in [-0.25, -0.2) is 5.01 Å². The first kappa shape index (κ1) is 20.4. The number of para-hydroxylation sites is 1. The average Bonchev–Trinajstić information content (AvgIpc) is 3.28. The van der Waals surface area contributed by atoms with Gasteiger partial charge in [0.25, 0.3) is 0 Å². The highest BCUT2D eigenvalue weighted by atomic mass is 16.5. The van der Waals surface area contributed by atoms with Crippen LogP contribution in [-0.2, 0) is 0 Å². The Bertz CT molecular complexity index is 1130. The first-order valence-corrected chi connectivity index (χ1v) is 11.2. The predicted octanol–water partition coefficient (Wildman–Crippen LogP) is 6.62. The Morgan fingerprint density at radius 2 is 1.81 bits per heavy atom. The van der Waals surface area contributed by atoms with Crippen LogP contribution in [0, 0.1) is 0 Å². The van der Waals surface area contributed by atoms with Gasteiger partial charge in [0.15, 0.2) is 0 Å².